The molecule has 7 heteroatoms. The first-order valence-corrected chi connectivity index (χ1v) is 10.9. The number of fused-ring (bicyclic) bond motifs is 1. The third-order valence-electron chi connectivity index (χ3n) is 5.21. The Hall–Kier alpha value is -2.51. The van der Waals surface area contributed by atoms with Crippen LogP contribution in [0.25, 0.3) is 10.2 Å². The molecule has 1 amide bonds. The van der Waals surface area contributed by atoms with E-state index in [2.05, 4.69) is 34.0 Å². The van der Waals surface area contributed by atoms with Crippen molar-refractivity contribution in [2.45, 2.75) is 27.2 Å². The summed E-state index contributed by atoms with van der Waals surface area (Å²) in [6.45, 7) is 10.0. The zero-order valence-corrected chi connectivity index (χ0v) is 18.4. The summed E-state index contributed by atoms with van der Waals surface area (Å²) in [6, 6.07) is 10.1. The Labute approximate surface area is 176 Å². The van der Waals surface area contributed by atoms with E-state index in [0.717, 1.165) is 53.3 Å². The number of carbonyl (C=O) groups is 1. The van der Waals surface area contributed by atoms with Crippen LogP contribution in [0, 0.1) is 6.92 Å². The number of anilines is 2. The second kappa shape index (κ2) is 9.80. The minimum absolute atomic E-state index is 0.0293. The molecule has 1 aromatic carbocycles. The molecule has 2 aromatic heterocycles. The summed E-state index contributed by atoms with van der Waals surface area (Å²) in [5, 5.41) is 4.01. The quantitative estimate of drug-likeness (QED) is 0.534. The van der Waals surface area contributed by atoms with E-state index in [-0.39, 0.29) is 5.91 Å². The van der Waals surface area contributed by atoms with Gasteiger partial charge in [-0.05, 0) is 50.7 Å². The van der Waals surface area contributed by atoms with Crippen molar-refractivity contribution in [1.82, 2.24) is 20.2 Å². The van der Waals surface area contributed by atoms with Gasteiger partial charge < -0.3 is 15.1 Å². The van der Waals surface area contributed by atoms with Crippen molar-refractivity contribution in [3.8, 4) is 0 Å². The lowest BCUT2D eigenvalue weighted by atomic mass is 10.2. The number of para-hydroxylation sites is 1. The number of amides is 1. The summed E-state index contributed by atoms with van der Waals surface area (Å²) in [7, 11) is 1.99. The number of aryl methyl sites for hydroxylation is 1. The van der Waals surface area contributed by atoms with Gasteiger partial charge in [-0.25, -0.2) is 9.97 Å². The molecule has 0 aliphatic heterocycles. The fraction of sp³-hybridized carbons (Fsp3) is 0.409. The van der Waals surface area contributed by atoms with Gasteiger partial charge >= 0.3 is 0 Å². The molecular weight excluding hydrogens is 382 g/mol. The van der Waals surface area contributed by atoms with Crippen LogP contribution in [0.4, 0.5) is 11.5 Å². The van der Waals surface area contributed by atoms with Crippen molar-refractivity contribution in [1.29, 1.82) is 0 Å². The lowest BCUT2D eigenvalue weighted by molar-refractivity contribution is 0.0955. The van der Waals surface area contributed by atoms with Crippen LogP contribution >= 0.6 is 11.3 Å². The van der Waals surface area contributed by atoms with Crippen molar-refractivity contribution >= 4 is 39.0 Å². The van der Waals surface area contributed by atoms with E-state index >= 15 is 0 Å². The van der Waals surface area contributed by atoms with Gasteiger partial charge in [0.15, 0.2) is 0 Å². The van der Waals surface area contributed by atoms with Crippen LogP contribution in [0.1, 0.15) is 35.5 Å². The van der Waals surface area contributed by atoms with Gasteiger partial charge in [-0.2, -0.15) is 0 Å². The molecule has 154 valence electrons. The summed E-state index contributed by atoms with van der Waals surface area (Å²) in [4.78, 5) is 27.7. The van der Waals surface area contributed by atoms with Gasteiger partial charge in [0.05, 0.1) is 10.3 Å². The SMILES string of the molecule is CCN(CC)CCCNC(=O)c1sc2ncnc(N(C)c3ccccc3)c2c1C. The van der Waals surface area contributed by atoms with Gasteiger partial charge in [-0.15, -0.1) is 11.3 Å². The Balaban J connectivity index is 1.79. The summed E-state index contributed by atoms with van der Waals surface area (Å²) in [5.74, 6) is 0.786. The first-order chi connectivity index (χ1) is 14.1. The Morgan fingerprint density at radius 3 is 2.55 bits per heavy atom. The van der Waals surface area contributed by atoms with Gasteiger partial charge in [0, 0.05) is 19.3 Å². The molecule has 29 heavy (non-hydrogen) atoms. The molecule has 0 saturated carbocycles. The van der Waals surface area contributed by atoms with Crippen LogP contribution in [0.3, 0.4) is 0 Å². The van der Waals surface area contributed by atoms with Crippen molar-refractivity contribution in [3.05, 3.63) is 47.1 Å². The monoisotopic (exact) mass is 411 g/mol. The maximum atomic E-state index is 12.8. The molecule has 0 unspecified atom stereocenters. The average molecular weight is 412 g/mol. The maximum absolute atomic E-state index is 12.8. The second-order valence-corrected chi connectivity index (χ2v) is 7.96. The van der Waals surface area contributed by atoms with E-state index in [4.69, 9.17) is 0 Å². The fourth-order valence-corrected chi connectivity index (χ4v) is 4.48. The van der Waals surface area contributed by atoms with E-state index in [1.165, 1.54) is 11.3 Å². The molecule has 1 N–H and O–H groups in total. The number of thiophene rings is 1. The zero-order chi connectivity index (χ0) is 20.8. The van der Waals surface area contributed by atoms with Gasteiger partial charge in [0.1, 0.15) is 17.0 Å². The predicted molar refractivity (Wildman–Crippen MR) is 121 cm³/mol. The Kier molecular flexibility index (Phi) is 7.17. The summed E-state index contributed by atoms with van der Waals surface area (Å²) >= 11 is 1.43. The lowest BCUT2D eigenvalue weighted by Crippen LogP contribution is -2.29. The summed E-state index contributed by atoms with van der Waals surface area (Å²) in [5.41, 5.74) is 1.98. The van der Waals surface area contributed by atoms with Crippen LogP contribution in [0.5, 0.6) is 0 Å². The molecule has 0 aliphatic rings. The van der Waals surface area contributed by atoms with Crippen molar-refractivity contribution in [2.75, 3.05) is 38.1 Å². The molecular formula is C22H29N5OS. The number of nitrogens with zero attached hydrogens (tertiary/aromatic N) is 4. The fourth-order valence-electron chi connectivity index (χ4n) is 3.42. The van der Waals surface area contributed by atoms with Gasteiger partial charge in [0.2, 0.25) is 0 Å². The molecule has 3 rings (SSSR count). The average Bonchev–Trinajstić information content (AvgIpc) is 3.10. The minimum Gasteiger partial charge on any atom is -0.351 e. The number of carbonyl (C=O) groups excluding carboxylic acids is 1. The number of benzene rings is 1. The number of nitrogens with one attached hydrogen (secondary N) is 1. The van der Waals surface area contributed by atoms with E-state index in [0.29, 0.717) is 11.4 Å². The summed E-state index contributed by atoms with van der Waals surface area (Å²) in [6.07, 6.45) is 2.51. The largest absolute Gasteiger partial charge is 0.351 e. The van der Waals surface area contributed by atoms with E-state index < -0.39 is 0 Å². The third-order valence-corrected chi connectivity index (χ3v) is 6.40. The molecule has 0 aliphatic carbocycles. The van der Waals surface area contributed by atoms with Gasteiger partial charge in [-0.1, -0.05) is 32.0 Å². The highest BCUT2D eigenvalue weighted by Gasteiger charge is 2.21. The van der Waals surface area contributed by atoms with Crippen molar-refractivity contribution in [2.24, 2.45) is 0 Å². The molecule has 0 saturated heterocycles. The van der Waals surface area contributed by atoms with E-state index in [1.54, 1.807) is 6.33 Å². The lowest BCUT2D eigenvalue weighted by Gasteiger charge is -2.19. The van der Waals surface area contributed by atoms with E-state index in [1.807, 2.05) is 49.2 Å². The standard InChI is InChI=1S/C22H29N5OS/c1-5-27(6-2)14-10-13-23-21(28)19-16(3)18-20(24-15-25-22(18)29-19)26(4)17-11-8-7-9-12-17/h7-9,11-12,15H,5-6,10,13-14H2,1-4H3,(H,23,28). The molecule has 0 bridgehead atoms. The van der Waals surface area contributed by atoms with Crippen LogP contribution < -0.4 is 10.2 Å². The first-order valence-electron chi connectivity index (χ1n) is 10.1. The minimum atomic E-state index is -0.0293. The van der Waals surface area contributed by atoms with Crippen molar-refractivity contribution < 1.29 is 4.79 Å². The molecule has 2 heterocycles. The maximum Gasteiger partial charge on any atom is 0.261 e. The highest BCUT2D eigenvalue weighted by Crippen LogP contribution is 2.36. The zero-order valence-electron chi connectivity index (χ0n) is 17.6. The molecule has 0 radical (unpaired) electrons. The Bertz CT molecular complexity index is 952. The first kappa shape index (κ1) is 21.2. The van der Waals surface area contributed by atoms with Crippen LogP contribution in [0.2, 0.25) is 0 Å². The molecule has 6 nitrogen and oxygen atoms in total. The Morgan fingerprint density at radius 2 is 1.86 bits per heavy atom. The summed E-state index contributed by atoms with van der Waals surface area (Å²) < 4.78 is 0. The van der Waals surface area contributed by atoms with Crippen LogP contribution in [-0.4, -0.2) is 54.0 Å². The van der Waals surface area contributed by atoms with Crippen LogP contribution in [-0.2, 0) is 0 Å². The molecule has 0 fully saturated rings. The number of hydrogen-bond donors (Lipinski definition) is 1. The smallest absolute Gasteiger partial charge is 0.261 e. The number of hydrogen-bond acceptors (Lipinski definition) is 6. The van der Waals surface area contributed by atoms with Crippen LogP contribution in [0.15, 0.2) is 36.7 Å². The Morgan fingerprint density at radius 1 is 1.14 bits per heavy atom. The van der Waals surface area contributed by atoms with E-state index in [9.17, 15) is 4.79 Å². The van der Waals surface area contributed by atoms with Crippen molar-refractivity contribution in [3.63, 3.8) is 0 Å². The normalized spacial score (nSPS) is 11.2. The number of rotatable bonds is 9. The third kappa shape index (κ3) is 4.74. The number of aromatic nitrogens is 2. The second-order valence-electron chi connectivity index (χ2n) is 6.96. The molecule has 3 aromatic rings. The molecule has 0 atom stereocenters. The highest BCUT2D eigenvalue weighted by atomic mass is 32.1. The van der Waals surface area contributed by atoms with Gasteiger partial charge in [0.25, 0.3) is 5.91 Å². The predicted octanol–water partition coefficient (Wildman–Crippen LogP) is 4.23. The molecule has 0 spiro atoms. The highest BCUT2D eigenvalue weighted by molar-refractivity contribution is 7.20. The topological polar surface area (TPSA) is 61.4 Å². The van der Waals surface area contributed by atoms with Gasteiger partial charge in [-0.3, -0.25) is 4.79 Å².